The molecule has 20 heavy (non-hydrogen) atoms. The Labute approximate surface area is 117 Å². The molecule has 0 spiro atoms. The monoisotopic (exact) mass is 271 g/mol. The van der Waals surface area contributed by atoms with Gasteiger partial charge in [-0.3, -0.25) is 9.78 Å². The molecule has 0 atom stereocenters. The Kier molecular flexibility index (Phi) is 2.61. The van der Waals surface area contributed by atoms with Crippen molar-refractivity contribution in [2.45, 2.75) is 32.9 Å². The van der Waals surface area contributed by atoms with Gasteiger partial charge in [-0.15, -0.1) is 0 Å². The largest absolute Gasteiger partial charge is 0.481 e. The van der Waals surface area contributed by atoms with Crippen molar-refractivity contribution in [2.24, 2.45) is 5.73 Å². The van der Waals surface area contributed by atoms with Crippen LogP contribution in [0.2, 0.25) is 0 Å². The molecule has 2 N–H and O–H groups in total. The number of hydrogen-bond acceptors (Lipinski definition) is 3. The molecule has 0 saturated heterocycles. The highest BCUT2D eigenvalue weighted by Gasteiger charge is 2.36. The summed E-state index contributed by atoms with van der Waals surface area (Å²) in [6.07, 6.45) is 3.43. The zero-order valence-corrected chi connectivity index (χ0v) is 11.8. The number of pyridine rings is 1. The fourth-order valence-corrected chi connectivity index (χ4v) is 2.82. The lowest BCUT2D eigenvalue weighted by Crippen LogP contribution is -2.29. The number of primary amides is 1. The van der Waals surface area contributed by atoms with Crippen molar-refractivity contribution in [3.05, 3.63) is 35.8 Å². The summed E-state index contributed by atoms with van der Waals surface area (Å²) in [6.45, 7) is 6.63. The van der Waals surface area contributed by atoms with Crippen LogP contribution in [0.3, 0.4) is 0 Å². The van der Waals surface area contributed by atoms with Crippen LogP contribution in [0.4, 0.5) is 0 Å². The molecule has 3 heterocycles. The normalized spacial score (nSPS) is 15.2. The maximum Gasteiger partial charge on any atom is 0.265 e. The Balaban J connectivity index is 2.38. The number of rotatable bonds is 2. The van der Waals surface area contributed by atoms with E-state index in [4.69, 9.17) is 10.5 Å². The first-order chi connectivity index (χ1) is 9.45. The van der Waals surface area contributed by atoms with Gasteiger partial charge in [0, 0.05) is 23.9 Å². The topological polar surface area (TPSA) is 70.1 Å². The van der Waals surface area contributed by atoms with Gasteiger partial charge in [-0.05, 0) is 32.9 Å². The van der Waals surface area contributed by atoms with E-state index < -0.39 is 11.5 Å². The molecule has 0 saturated carbocycles. The molecule has 0 unspecified atom stereocenters. The first-order valence-electron chi connectivity index (χ1n) is 6.63. The smallest absolute Gasteiger partial charge is 0.265 e. The lowest BCUT2D eigenvalue weighted by molar-refractivity contribution is 0.0991. The molecule has 1 aliphatic heterocycles. The zero-order chi connectivity index (χ0) is 14.5. The molecule has 0 radical (unpaired) electrons. The highest BCUT2D eigenvalue weighted by molar-refractivity contribution is 5.94. The number of carbonyl (C=O) groups excluding carboxylic acids is 1. The standard InChI is InChI=1S/C15H17N3O2/c1-4-18-11(14(16)19)7-10-13(18)9-5-6-17-8-12(9)20-15(10,2)3/h5-8H,4H2,1-3H3,(H2,16,19). The van der Waals surface area contributed by atoms with Crippen molar-refractivity contribution in [3.63, 3.8) is 0 Å². The Morgan fingerprint density at radius 1 is 1.50 bits per heavy atom. The van der Waals surface area contributed by atoms with Crippen molar-refractivity contribution in [1.29, 1.82) is 0 Å². The predicted molar refractivity (Wildman–Crippen MR) is 75.5 cm³/mol. The van der Waals surface area contributed by atoms with E-state index in [0.717, 1.165) is 22.6 Å². The minimum Gasteiger partial charge on any atom is -0.481 e. The average molecular weight is 271 g/mol. The van der Waals surface area contributed by atoms with Gasteiger partial charge in [0.15, 0.2) is 0 Å². The van der Waals surface area contributed by atoms with E-state index in [0.29, 0.717) is 12.2 Å². The first kappa shape index (κ1) is 12.7. The molecule has 3 rings (SSSR count). The van der Waals surface area contributed by atoms with Crippen LogP contribution >= 0.6 is 0 Å². The molecule has 5 heteroatoms. The second kappa shape index (κ2) is 4.10. The summed E-state index contributed by atoms with van der Waals surface area (Å²) < 4.78 is 7.96. The number of ether oxygens (including phenoxy) is 1. The second-order valence-corrected chi connectivity index (χ2v) is 5.38. The van der Waals surface area contributed by atoms with Gasteiger partial charge >= 0.3 is 0 Å². The minimum atomic E-state index is -0.518. The van der Waals surface area contributed by atoms with Crippen molar-refractivity contribution in [3.8, 4) is 17.0 Å². The maximum atomic E-state index is 11.7. The summed E-state index contributed by atoms with van der Waals surface area (Å²) in [4.78, 5) is 15.8. The van der Waals surface area contributed by atoms with E-state index in [1.165, 1.54) is 0 Å². The van der Waals surface area contributed by atoms with Crippen LogP contribution in [-0.4, -0.2) is 15.5 Å². The third-order valence-corrected chi connectivity index (χ3v) is 3.72. The molecule has 2 aromatic heterocycles. The summed E-state index contributed by atoms with van der Waals surface area (Å²) in [5, 5.41) is 0. The van der Waals surface area contributed by atoms with Crippen LogP contribution in [-0.2, 0) is 12.1 Å². The van der Waals surface area contributed by atoms with Crippen LogP contribution in [0.25, 0.3) is 11.3 Å². The van der Waals surface area contributed by atoms with Crippen LogP contribution < -0.4 is 10.5 Å². The van der Waals surface area contributed by atoms with E-state index in [1.54, 1.807) is 12.4 Å². The van der Waals surface area contributed by atoms with Gasteiger partial charge in [0.1, 0.15) is 17.0 Å². The number of nitrogens with zero attached hydrogens (tertiary/aromatic N) is 2. The predicted octanol–water partition coefficient (Wildman–Crippen LogP) is 2.30. The number of carbonyl (C=O) groups is 1. The van der Waals surface area contributed by atoms with Gasteiger partial charge in [-0.2, -0.15) is 0 Å². The summed E-state index contributed by atoms with van der Waals surface area (Å²) >= 11 is 0. The van der Waals surface area contributed by atoms with E-state index in [-0.39, 0.29) is 0 Å². The lowest BCUT2D eigenvalue weighted by atomic mass is 9.92. The second-order valence-electron chi connectivity index (χ2n) is 5.38. The van der Waals surface area contributed by atoms with E-state index >= 15 is 0 Å². The maximum absolute atomic E-state index is 11.7. The Morgan fingerprint density at radius 3 is 2.90 bits per heavy atom. The van der Waals surface area contributed by atoms with Gasteiger partial charge in [-0.1, -0.05) is 0 Å². The zero-order valence-electron chi connectivity index (χ0n) is 11.8. The van der Waals surface area contributed by atoms with E-state index in [2.05, 4.69) is 4.98 Å². The molecule has 0 aromatic carbocycles. The molecule has 2 aromatic rings. The molecule has 104 valence electrons. The summed E-state index contributed by atoms with van der Waals surface area (Å²) in [5.74, 6) is 0.307. The summed E-state index contributed by atoms with van der Waals surface area (Å²) in [7, 11) is 0. The Bertz CT molecular complexity index is 701. The lowest BCUT2D eigenvalue weighted by Gasteiger charge is -2.33. The first-order valence-corrected chi connectivity index (χ1v) is 6.63. The molecule has 0 aliphatic carbocycles. The molecule has 5 nitrogen and oxygen atoms in total. The number of amides is 1. The van der Waals surface area contributed by atoms with Crippen molar-refractivity contribution >= 4 is 5.91 Å². The van der Waals surface area contributed by atoms with Crippen LogP contribution in [0, 0.1) is 0 Å². The Morgan fingerprint density at radius 2 is 2.25 bits per heavy atom. The van der Waals surface area contributed by atoms with Gasteiger partial charge in [0.05, 0.1) is 11.9 Å². The highest BCUT2D eigenvalue weighted by atomic mass is 16.5. The molecular weight excluding hydrogens is 254 g/mol. The fraction of sp³-hybridized carbons (Fsp3) is 0.333. The summed E-state index contributed by atoms with van der Waals surface area (Å²) in [5.41, 5.74) is 8.41. The van der Waals surface area contributed by atoms with Gasteiger partial charge in [-0.25, -0.2) is 0 Å². The molecule has 1 aliphatic rings. The Hall–Kier alpha value is -2.30. The van der Waals surface area contributed by atoms with E-state index in [1.807, 2.05) is 37.5 Å². The third kappa shape index (κ3) is 1.62. The van der Waals surface area contributed by atoms with Gasteiger partial charge < -0.3 is 15.0 Å². The van der Waals surface area contributed by atoms with Gasteiger partial charge in [0.25, 0.3) is 5.91 Å². The fourth-order valence-electron chi connectivity index (χ4n) is 2.82. The van der Waals surface area contributed by atoms with Crippen LogP contribution in [0.15, 0.2) is 24.5 Å². The highest BCUT2D eigenvalue weighted by Crippen LogP contribution is 2.45. The molecule has 0 bridgehead atoms. The SMILES string of the molecule is CCn1c(C(N)=O)cc2c1-c1ccncc1OC2(C)C. The van der Waals surface area contributed by atoms with Gasteiger partial charge in [0.2, 0.25) is 0 Å². The van der Waals surface area contributed by atoms with E-state index in [9.17, 15) is 4.79 Å². The average Bonchev–Trinajstić information content (AvgIpc) is 2.79. The molecule has 1 amide bonds. The number of nitrogens with two attached hydrogens (primary N) is 1. The van der Waals surface area contributed by atoms with Crippen LogP contribution in [0.1, 0.15) is 36.8 Å². The number of fused-ring (bicyclic) bond motifs is 3. The summed E-state index contributed by atoms with van der Waals surface area (Å²) in [6, 6.07) is 3.74. The molecule has 0 fully saturated rings. The van der Waals surface area contributed by atoms with Crippen molar-refractivity contribution in [1.82, 2.24) is 9.55 Å². The van der Waals surface area contributed by atoms with Crippen molar-refractivity contribution in [2.75, 3.05) is 0 Å². The van der Waals surface area contributed by atoms with Crippen LogP contribution in [0.5, 0.6) is 5.75 Å². The molecular formula is C15H17N3O2. The number of aromatic nitrogens is 2. The quantitative estimate of drug-likeness (QED) is 0.911. The third-order valence-electron chi connectivity index (χ3n) is 3.72. The minimum absolute atomic E-state index is 0.423. The van der Waals surface area contributed by atoms with Crippen molar-refractivity contribution < 1.29 is 9.53 Å². The number of hydrogen-bond donors (Lipinski definition) is 1.